The Morgan fingerprint density at radius 3 is 2.48 bits per heavy atom. The van der Waals surface area contributed by atoms with Crippen LogP contribution in [0.25, 0.3) is 5.57 Å². The normalized spacial score (nSPS) is 25.8. The van der Waals surface area contributed by atoms with E-state index < -0.39 is 0 Å². The number of anilines is 1. The van der Waals surface area contributed by atoms with Crippen LogP contribution in [0.2, 0.25) is 0 Å². The average molecular weight is 446 g/mol. The van der Waals surface area contributed by atoms with E-state index in [4.69, 9.17) is 0 Å². The number of allylic oxidation sites excluding steroid dienone is 2. The summed E-state index contributed by atoms with van der Waals surface area (Å²) in [6, 6.07) is 19.0. The fourth-order valence-corrected chi connectivity index (χ4v) is 5.87. The third kappa shape index (κ3) is 4.71. The van der Waals surface area contributed by atoms with Crippen LogP contribution in [-0.4, -0.2) is 59.3 Å². The Morgan fingerprint density at radius 1 is 0.970 bits per heavy atom. The highest BCUT2D eigenvalue weighted by Gasteiger charge is 2.49. The fraction of sp³-hybridized carbons (Fsp3) is 0.464. The van der Waals surface area contributed by atoms with Gasteiger partial charge in [0.15, 0.2) is 0 Å². The molecule has 2 amide bonds. The summed E-state index contributed by atoms with van der Waals surface area (Å²) in [7, 11) is 0. The molecule has 3 atom stereocenters. The summed E-state index contributed by atoms with van der Waals surface area (Å²) >= 11 is 0. The summed E-state index contributed by atoms with van der Waals surface area (Å²) in [4.78, 5) is 17.4. The molecule has 5 nitrogen and oxygen atoms in total. The van der Waals surface area contributed by atoms with Crippen molar-refractivity contribution in [2.24, 2.45) is 0 Å². The lowest BCUT2D eigenvalue weighted by atomic mass is 9.74. The van der Waals surface area contributed by atoms with E-state index >= 15 is 0 Å². The number of benzene rings is 2. The van der Waals surface area contributed by atoms with E-state index in [0.29, 0.717) is 6.54 Å². The van der Waals surface area contributed by atoms with Crippen LogP contribution in [0.1, 0.15) is 55.6 Å². The SMILES string of the molecule is O=C(Nc1ccccc1)N1CCCCN2[C@H](C1)[C@@H](c1ccc(C3=CCCCC3)cc1)[C@@H]2CO. The van der Waals surface area contributed by atoms with Gasteiger partial charge in [-0.25, -0.2) is 4.79 Å². The van der Waals surface area contributed by atoms with Crippen LogP contribution in [0, 0.1) is 0 Å². The first-order valence-electron chi connectivity index (χ1n) is 12.5. The number of rotatable bonds is 4. The van der Waals surface area contributed by atoms with Crippen molar-refractivity contribution in [2.75, 3.05) is 31.6 Å². The van der Waals surface area contributed by atoms with E-state index in [1.165, 1.54) is 42.4 Å². The van der Waals surface area contributed by atoms with Crippen molar-refractivity contribution in [1.82, 2.24) is 9.80 Å². The summed E-state index contributed by atoms with van der Waals surface area (Å²) in [5.74, 6) is 0.245. The number of hydrogen-bond donors (Lipinski definition) is 2. The highest BCUT2D eigenvalue weighted by Crippen LogP contribution is 2.42. The molecule has 2 fully saturated rings. The van der Waals surface area contributed by atoms with Crippen molar-refractivity contribution >= 4 is 17.3 Å². The van der Waals surface area contributed by atoms with Crippen molar-refractivity contribution in [3.05, 3.63) is 71.8 Å². The molecular formula is C28H35N3O2. The van der Waals surface area contributed by atoms with Crippen molar-refractivity contribution in [1.29, 1.82) is 0 Å². The first kappa shape index (κ1) is 22.2. The zero-order valence-electron chi connectivity index (χ0n) is 19.3. The molecule has 0 saturated carbocycles. The third-order valence-electron chi connectivity index (χ3n) is 7.64. The molecule has 1 aliphatic carbocycles. The summed E-state index contributed by atoms with van der Waals surface area (Å²) in [6.45, 7) is 2.61. The number of fused-ring (bicyclic) bond motifs is 1. The number of carbonyl (C=O) groups is 1. The molecule has 2 N–H and O–H groups in total. The lowest BCUT2D eigenvalue weighted by Crippen LogP contribution is -2.68. The second kappa shape index (κ2) is 10.1. The molecule has 0 unspecified atom stereocenters. The number of para-hydroxylation sites is 1. The van der Waals surface area contributed by atoms with Gasteiger partial charge in [-0.2, -0.15) is 0 Å². The Hall–Kier alpha value is -2.63. The predicted molar refractivity (Wildman–Crippen MR) is 133 cm³/mol. The molecule has 3 aliphatic rings. The second-order valence-electron chi connectivity index (χ2n) is 9.63. The van der Waals surface area contributed by atoms with E-state index in [1.807, 2.05) is 35.2 Å². The topological polar surface area (TPSA) is 55.8 Å². The number of amides is 2. The number of aliphatic hydroxyl groups is 1. The maximum absolute atomic E-state index is 13.1. The Kier molecular flexibility index (Phi) is 6.79. The monoisotopic (exact) mass is 445 g/mol. The van der Waals surface area contributed by atoms with Gasteiger partial charge in [0.1, 0.15) is 0 Å². The van der Waals surface area contributed by atoms with Gasteiger partial charge in [0.05, 0.1) is 6.61 Å². The van der Waals surface area contributed by atoms with Crippen molar-refractivity contribution in [3.63, 3.8) is 0 Å². The van der Waals surface area contributed by atoms with Crippen molar-refractivity contribution < 1.29 is 9.90 Å². The average Bonchev–Trinajstić information content (AvgIpc) is 2.84. The van der Waals surface area contributed by atoms with Gasteiger partial charge in [0.25, 0.3) is 0 Å². The molecule has 0 bridgehead atoms. The molecule has 0 radical (unpaired) electrons. The van der Waals surface area contributed by atoms with Crippen molar-refractivity contribution in [3.8, 4) is 0 Å². The molecule has 2 aliphatic heterocycles. The number of nitrogens with zero attached hydrogens (tertiary/aromatic N) is 2. The van der Waals surface area contributed by atoms with Gasteiger partial charge in [-0.1, -0.05) is 48.5 Å². The lowest BCUT2D eigenvalue weighted by molar-refractivity contribution is -0.0585. The Labute approximate surface area is 197 Å². The Morgan fingerprint density at radius 2 is 1.76 bits per heavy atom. The molecule has 2 aromatic rings. The zero-order valence-corrected chi connectivity index (χ0v) is 19.3. The molecule has 2 aromatic carbocycles. The summed E-state index contributed by atoms with van der Waals surface area (Å²) in [5, 5.41) is 13.3. The predicted octanol–water partition coefficient (Wildman–Crippen LogP) is 5.10. The molecule has 5 rings (SSSR count). The summed E-state index contributed by atoms with van der Waals surface area (Å²) in [6.07, 6.45) is 9.35. The number of nitrogens with one attached hydrogen (secondary N) is 1. The third-order valence-corrected chi connectivity index (χ3v) is 7.64. The van der Waals surface area contributed by atoms with Crippen LogP contribution < -0.4 is 5.32 Å². The van der Waals surface area contributed by atoms with Crippen LogP contribution in [0.3, 0.4) is 0 Å². The summed E-state index contributed by atoms with van der Waals surface area (Å²) < 4.78 is 0. The maximum Gasteiger partial charge on any atom is 0.321 e. The molecule has 2 heterocycles. The molecule has 0 spiro atoms. The van der Waals surface area contributed by atoms with Crippen LogP contribution in [0.15, 0.2) is 60.7 Å². The second-order valence-corrected chi connectivity index (χ2v) is 9.63. The quantitative estimate of drug-likeness (QED) is 0.688. The van der Waals surface area contributed by atoms with Crippen LogP contribution >= 0.6 is 0 Å². The minimum absolute atomic E-state index is 0.0335. The smallest absolute Gasteiger partial charge is 0.321 e. The van der Waals surface area contributed by atoms with E-state index in [0.717, 1.165) is 31.6 Å². The minimum atomic E-state index is -0.0335. The van der Waals surface area contributed by atoms with Crippen molar-refractivity contribution in [2.45, 2.75) is 56.5 Å². The van der Waals surface area contributed by atoms with Gasteiger partial charge in [-0.05, 0) is 73.9 Å². The van der Waals surface area contributed by atoms with Gasteiger partial charge in [0.2, 0.25) is 0 Å². The van der Waals surface area contributed by atoms with Crippen LogP contribution in [0.5, 0.6) is 0 Å². The van der Waals surface area contributed by atoms with E-state index in [1.54, 1.807) is 0 Å². The van der Waals surface area contributed by atoms with E-state index in [9.17, 15) is 9.90 Å². The minimum Gasteiger partial charge on any atom is -0.395 e. The molecule has 2 saturated heterocycles. The summed E-state index contributed by atoms with van der Waals surface area (Å²) in [5.41, 5.74) is 4.90. The number of carbonyl (C=O) groups excluding carboxylic acids is 1. The van der Waals surface area contributed by atoms with Gasteiger partial charge in [-0.3, -0.25) is 4.90 Å². The molecule has 174 valence electrons. The van der Waals surface area contributed by atoms with E-state index in [2.05, 4.69) is 40.6 Å². The molecular weight excluding hydrogens is 410 g/mol. The highest BCUT2D eigenvalue weighted by molar-refractivity contribution is 5.89. The Balaban J connectivity index is 1.33. The molecule has 0 aromatic heterocycles. The standard InChI is InChI=1S/C28H35N3O2/c32-20-26-27(23-15-13-22(14-16-23)21-9-3-1-4-10-21)25-19-30(17-7-8-18-31(25)26)28(33)29-24-11-5-2-6-12-24/h2,5-6,9,11-16,25-27,32H,1,3-4,7-8,10,17-20H2,(H,29,33)/t25-,26+,27-/m1/s1. The first-order valence-corrected chi connectivity index (χ1v) is 12.5. The van der Waals surface area contributed by atoms with Gasteiger partial charge in [0, 0.05) is 36.8 Å². The molecule has 5 heteroatoms. The zero-order chi connectivity index (χ0) is 22.6. The van der Waals surface area contributed by atoms with Gasteiger partial charge in [-0.15, -0.1) is 0 Å². The van der Waals surface area contributed by atoms with Crippen LogP contribution in [0.4, 0.5) is 10.5 Å². The Bertz CT molecular complexity index is 972. The van der Waals surface area contributed by atoms with Gasteiger partial charge >= 0.3 is 6.03 Å². The lowest BCUT2D eigenvalue weighted by Gasteiger charge is -2.57. The number of hydrogen-bond acceptors (Lipinski definition) is 3. The van der Waals surface area contributed by atoms with Crippen LogP contribution in [-0.2, 0) is 0 Å². The maximum atomic E-state index is 13.1. The number of aliphatic hydroxyl groups excluding tert-OH is 1. The van der Waals surface area contributed by atoms with E-state index in [-0.39, 0.29) is 30.6 Å². The fourth-order valence-electron chi connectivity index (χ4n) is 5.87. The highest BCUT2D eigenvalue weighted by atomic mass is 16.3. The van der Waals surface area contributed by atoms with Gasteiger partial charge < -0.3 is 15.3 Å². The number of urea groups is 1. The largest absolute Gasteiger partial charge is 0.395 e. The first-order chi connectivity index (χ1) is 16.2. The molecule has 33 heavy (non-hydrogen) atoms.